The summed E-state index contributed by atoms with van der Waals surface area (Å²) in [5, 5.41) is 10.7. The van der Waals surface area contributed by atoms with Crippen LogP contribution in [-0.2, 0) is 20.4 Å². The Balaban J connectivity index is 0.000000530. The fourth-order valence-electron chi connectivity index (χ4n) is 3.68. The van der Waals surface area contributed by atoms with Gasteiger partial charge in [0, 0.05) is 31.0 Å². The first-order chi connectivity index (χ1) is 20.2. The third-order valence-electron chi connectivity index (χ3n) is 5.85. The summed E-state index contributed by atoms with van der Waals surface area (Å²) >= 11 is 0. The quantitative estimate of drug-likeness (QED) is 0.264. The number of methoxy groups -OCH3 is 1. The molecule has 0 bridgehead atoms. The lowest BCUT2D eigenvalue weighted by Gasteiger charge is -2.10. The number of amides is 1. The van der Waals surface area contributed by atoms with Crippen molar-refractivity contribution in [2.75, 3.05) is 19.0 Å². The number of aliphatic imine (C=N–C) groups is 2. The van der Waals surface area contributed by atoms with E-state index < -0.39 is 35.7 Å². The SMILES string of the molecule is CC.COCC1CC1.N=C(O/C(N)=N/C1N=C(c2ccccc2)c2ccccc2NC1=O)c1ccc(C(F)(F)F)cn1. The van der Waals surface area contributed by atoms with Crippen LogP contribution in [0, 0.1) is 11.3 Å². The molecule has 2 heterocycles. The molecule has 1 saturated carbocycles. The summed E-state index contributed by atoms with van der Waals surface area (Å²) in [7, 11) is 1.76. The van der Waals surface area contributed by atoms with Crippen molar-refractivity contribution >= 4 is 29.2 Å². The van der Waals surface area contributed by atoms with Crippen LogP contribution in [0.4, 0.5) is 18.9 Å². The van der Waals surface area contributed by atoms with E-state index in [2.05, 4.69) is 20.3 Å². The highest BCUT2D eigenvalue weighted by Gasteiger charge is 2.31. The first-order valence-corrected chi connectivity index (χ1v) is 13.3. The van der Waals surface area contributed by atoms with Crippen LogP contribution < -0.4 is 11.1 Å². The topological polar surface area (TPSA) is 135 Å². The number of carbonyl (C=O) groups is 1. The summed E-state index contributed by atoms with van der Waals surface area (Å²) in [4.78, 5) is 24.8. The largest absolute Gasteiger partial charge is 0.417 e. The number of fused-ring (bicyclic) bond motifs is 1. The van der Waals surface area contributed by atoms with Crippen molar-refractivity contribution in [1.82, 2.24) is 4.98 Å². The van der Waals surface area contributed by atoms with Gasteiger partial charge in [0.05, 0.1) is 17.0 Å². The van der Waals surface area contributed by atoms with Crippen molar-refractivity contribution < 1.29 is 27.4 Å². The number of halogens is 3. The van der Waals surface area contributed by atoms with Gasteiger partial charge >= 0.3 is 6.18 Å². The van der Waals surface area contributed by atoms with Crippen LogP contribution in [-0.4, -0.2) is 48.4 Å². The van der Waals surface area contributed by atoms with E-state index in [0.29, 0.717) is 23.2 Å². The van der Waals surface area contributed by atoms with Gasteiger partial charge in [-0.1, -0.05) is 62.4 Å². The minimum atomic E-state index is -4.56. The Hall–Kier alpha value is -4.58. The van der Waals surface area contributed by atoms with Gasteiger partial charge in [-0.05, 0) is 37.0 Å². The fourth-order valence-corrected chi connectivity index (χ4v) is 3.68. The second-order valence-corrected chi connectivity index (χ2v) is 8.98. The number of nitrogens with one attached hydrogen (secondary N) is 2. The predicted octanol–water partition coefficient (Wildman–Crippen LogP) is 5.64. The lowest BCUT2D eigenvalue weighted by molar-refractivity contribution is -0.137. The van der Waals surface area contributed by atoms with Crippen molar-refractivity contribution in [2.45, 2.75) is 39.0 Å². The number of hydrogen-bond acceptors (Lipinski definition) is 7. The molecule has 12 heteroatoms. The summed E-state index contributed by atoms with van der Waals surface area (Å²) in [6.45, 7) is 4.99. The third kappa shape index (κ3) is 8.96. The molecular formula is C30H33F3N6O3. The van der Waals surface area contributed by atoms with E-state index in [1.807, 2.05) is 50.2 Å². The number of benzene rings is 2. The van der Waals surface area contributed by atoms with E-state index in [0.717, 1.165) is 30.2 Å². The third-order valence-corrected chi connectivity index (χ3v) is 5.85. The van der Waals surface area contributed by atoms with E-state index in [1.54, 1.807) is 25.3 Å². The highest BCUT2D eigenvalue weighted by atomic mass is 19.4. The summed E-state index contributed by atoms with van der Waals surface area (Å²) < 4.78 is 48.1. The van der Waals surface area contributed by atoms with Crippen LogP contribution in [0.5, 0.6) is 0 Å². The van der Waals surface area contributed by atoms with Gasteiger partial charge in [-0.3, -0.25) is 15.2 Å². The Kier molecular flexibility index (Phi) is 11.3. The molecular weight excluding hydrogens is 549 g/mol. The van der Waals surface area contributed by atoms with Crippen molar-refractivity contribution in [2.24, 2.45) is 21.6 Å². The van der Waals surface area contributed by atoms with Gasteiger partial charge in [0.1, 0.15) is 5.69 Å². The molecule has 1 fully saturated rings. The lowest BCUT2D eigenvalue weighted by Crippen LogP contribution is -2.29. The molecule has 3 aromatic rings. The van der Waals surface area contributed by atoms with Crippen molar-refractivity contribution in [3.8, 4) is 0 Å². The highest BCUT2D eigenvalue weighted by molar-refractivity contribution is 6.19. The number of rotatable bonds is 5. The number of anilines is 1. The number of amidine groups is 1. The molecule has 9 nitrogen and oxygen atoms in total. The van der Waals surface area contributed by atoms with Crippen LogP contribution in [0.15, 0.2) is 82.9 Å². The molecule has 1 aliphatic carbocycles. The van der Waals surface area contributed by atoms with Gasteiger partial charge in [-0.15, -0.1) is 0 Å². The molecule has 1 atom stereocenters. The van der Waals surface area contributed by atoms with Gasteiger partial charge in [0.25, 0.3) is 11.9 Å². The van der Waals surface area contributed by atoms with Gasteiger partial charge in [-0.2, -0.15) is 18.2 Å². The van der Waals surface area contributed by atoms with Crippen molar-refractivity contribution in [3.63, 3.8) is 0 Å². The van der Waals surface area contributed by atoms with E-state index in [1.165, 1.54) is 12.8 Å². The van der Waals surface area contributed by atoms with E-state index in [9.17, 15) is 18.0 Å². The average molecular weight is 583 g/mol. The number of nitrogens with two attached hydrogens (primary N) is 1. The summed E-state index contributed by atoms with van der Waals surface area (Å²) in [6.07, 6.45) is -2.53. The summed E-state index contributed by atoms with van der Waals surface area (Å²) in [6, 6.07) is 17.4. The van der Waals surface area contributed by atoms with Crippen LogP contribution in [0.2, 0.25) is 0 Å². The Bertz CT molecular complexity index is 1410. The van der Waals surface area contributed by atoms with Gasteiger partial charge < -0.3 is 20.5 Å². The predicted molar refractivity (Wildman–Crippen MR) is 156 cm³/mol. The minimum Gasteiger partial charge on any atom is -0.405 e. The molecule has 2 aliphatic rings. The number of aromatic nitrogens is 1. The number of ether oxygens (including phenoxy) is 2. The molecule has 42 heavy (non-hydrogen) atoms. The number of benzodiazepines with no additional fused rings is 1. The molecule has 0 saturated heterocycles. The second kappa shape index (κ2) is 14.9. The Morgan fingerprint density at radius 3 is 2.31 bits per heavy atom. The zero-order chi connectivity index (χ0) is 30.7. The van der Waals surface area contributed by atoms with E-state index in [-0.39, 0.29) is 5.69 Å². The molecule has 0 radical (unpaired) electrons. The van der Waals surface area contributed by atoms with Crippen LogP contribution in [0.3, 0.4) is 0 Å². The fraction of sp³-hybridized carbons (Fsp3) is 0.300. The summed E-state index contributed by atoms with van der Waals surface area (Å²) in [5.74, 6) is -0.293. The molecule has 1 aromatic heterocycles. The molecule has 2 aromatic carbocycles. The minimum absolute atomic E-state index is 0.197. The van der Waals surface area contributed by atoms with E-state index >= 15 is 0 Å². The molecule has 1 unspecified atom stereocenters. The zero-order valence-corrected chi connectivity index (χ0v) is 23.5. The molecule has 222 valence electrons. The number of nitrogens with zero attached hydrogens (tertiary/aromatic N) is 3. The standard InChI is InChI=1S/C23H17F3N6O2.C5H10O.C2H6/c24-23(25,26)14-10-11-17(29-12-14)19(27)34-22(28)32-20-21(33)30-16-9-5-4-8-15(16)18(31-20)13-6-2-1-3-7-13;1-6-4-5-2-3-5;1-2/h1-12,20,27H,(H2,28,32)(H,30,33);5H,2-4H2,1H3;1-2H3. The van der Waals surface area contributed by atoms with Crippen molar-refractivity contribution in [3.05, 3.63) is 95.3 Å². The number of para-hydroxylation sites is 1. The summed E-state index contributed by atoms with van der Waals surface area (Å²) in [5.41, 5.74) is 7.06. The first kappa shape index (κ1) is 31.9. The zero-order valence-electron chi connectivity index (χ0n) is 23.5. The number of alkyl halides is 3. The second-order valence-electron chi connectivity index (χ2n) is 8.98. The maximum Gasteiger partial charge on any atom is 0.417 e. The number of carbonyl (C=O) groups excluding carboxylic acids is 1. The maximum atomic E-state index is 12.8. The van der Waals surface area contributed by atoms with Crippen LogP contribution >= 0.6 is 0 Å². The van der Waals surface area contributed by atoms with Crippen molar-refractivity contribution in [1.29, 1.82) is 5.41 Å². The highest BCUT2D eigenvalue weighted by Crippen LogP contribution is 2.29. The van der Waals surface area contributed by atoms with Gasteiger partial charge in [0.2, 0.25) is 12.1 Å². The van der Waals surface area contributed by atoms with Crippen LogP contribution in [0.25, 0.3) is 0 Å². The Labute approximate surface area is 242 Å². The molecule has 4 N–H and O–H groups in total. The van der Waals surface area contributed by atoms with Gasteiger partial charge in [0.15, 0.2) is 0 Å². The average Bonchev–Trinajstić information content (AvgIpc) is 3.82. The smallest absolute Gasteiger partial charge is 0.405 e. The first-order valence-electron chi connectivity index (χ1n) is 13.3. The monoisotopic (exact) mass is 582 g/mol. The molecule has 1 aliphatic heterocycles. The van der Waals surface area contributed by atoms with Crippen LogP contribution in [0.1, 0.15) is 49.1 Å². The molecule has 0 spiro atoms. The number of pyridine rings is 1. The maximum absolute atomic E-state index is 12.8. The Morgan fingerprint density at radius 1 is 1.07 bits per heavy atom. The number of hydrogen-bond donors (Lipinski definition) is 3. The van der Waals surface area contributed by atoms with Gasteiger partial charge in [-0.25, -0.2) is 4.99 Å². The molecule has 5 rings (SSSR count). The van der Waals surface area contributed by atoms with E-state index in [4.69, 9.17) is 20.6 Å². The normalized spacial score (nSPS) is 16.2. The molecule has 1 amide bonds. The Morgan fingerprint density at radius 2 is 1.74 bits per heavy atom. The lowest BCUT2D eigenvalue weighted by atomic mass is 10.0.